The zero-order valence-electron chi connectivity index (χ0n) is 11.1. The summed E-state index contributed by atoms with van der Waals surface area (Å²) >= 11 is 0. The first-order chi connectivity index (χ1) is 8.56. The first-order valence-corrected chi connectivity index (χ1v) is 9.58. The molecule has 6 heteroatoms. The van der Waals surface area contributed by atoms with Gasteiger partial charge in [0.25, 0.3) is 0 Å². The summed E-state index contributed by atoms with van der Waals surface area (Å²) in [6, 6.07) is 0. The van der Waals surface area contributed by atoms with E-state index in [1.54, 1.807) is 6.08 Å². The lowest BCUT2D eigenvalue weighted by atomic mass is 10.1. The quantitative estimate of drug-likeness (QED) is 0.734. The van der Waals surface area contributed by atoms with Crippen molar-refractivity contribution in [2.45, 2.75) is 51.2 Å². The van der Waals surface area contributed by atoms with Gasteiger partial charge in [0.15, 0.2) is 9.84 Å². The first-order valence-electron chi connectivity index (χ1n) is 6.51. The molecule has 1 aliphatic heterocycles. The molecule has 2 atom stereocenters. The lowest BCUT2D eigenvalue weighted by molar-refractivity contribution is 0.328. The molecular weight excluding hydrogens is 270 g/mol. The lowest BCUT2D eigenvalue weighted by Crippen LogP contribution is -2.23. The zero-order valence-corrected chi connectivity index (χ0v) is 12.8. The minimum absolute atomic E-state index is 0.254. The summed E-state index contributed by atoms with van der Waals surface area (Å²) in [4.78, 5) is 0.498. The van der Waals surface area contributed by atoms with Crippen molar-refractivity contribution in [1.29, 1.82) is 0 Å². The molecule has 1 N–H and O–H groups in total. The van der Waals surface area contributed by atoms with E-state index < -0.39 is 20.5 Å². The molecule has 18 heavy (non-hydrogen) atoms. The van der Waals surface area contributed by atoms with Crippen molar-refractivity contribution in [3.8, 4) is 0 Å². The van der Waals surface area contributed by atoms with Crippen molar-refractivity contribution >= 4 is 20.5 Å². The average Bonchev–Trinajstić information content (AvgIpc) is 2.83. The van der Waals surface area contributed by atoms with Gasteiger partial charge in [-0.15, -0.1) is 4.53 Å². The molecule has 1 aliphatic rings. The van der Waals surface area contributed by atoms with E-state index in [2.05, 4.69) is 11.4 Å². The van der Waals surface area contributed by atoms with E-state index in [-0.39, 0.29) is 5.25 Å². The summed E-state index contributed by atoms with van der Waals surface area (Å²) in [6.07, 6.45) is 6.07. The summed E-state index contributed by atoms with van der Waals surface area (Å²) in [7, 11) is -3.71. The fraction of sp³-hybridized carbons (Fsp3) is 0.833. The summed E-state index contributed by atoms with van der Waals surface area (Å²) in [5, 5.41) is 8.49. The topological polar surface area (TPSA) is 66.7 Å². The Kier molecular flexibility index (Phi) is 6.52. The molecule has 0 fully saturated rings. The lowest BCUT2D eigenvalue weighted by Gasteiger charge is -2.17. The fourth-order valence-electron chi connectivity index (χ4n) is 2.15. The van der Waals surface area contributed by atoms with E-state index in [0.717, 1.165) is 32.1 Å². The monoisotopic (exact) mass is 293 g/mol. The van der Waals surface area contributed by atoms with Crippen LogP contribution in [0.1, 0.15) is 46.0 Å². The van der Waals surface area contributed by atoms with Crippen LogP contribution in [0, 0.1) is 0 Å². The highest BCUT2D eigenvalue weighted by Crippen LogP contribution is 2.26. The zero-order chi connectivity index (χ0) is 13.6. The Morgan fingerprint density at radius 2 is 2.11 bits per heavy atom. The van der Waals surface area contributed by atoms with Crippen molar-refractivity contribution in [3.05, 3.63) is 11.0 Å². The third-order valence-electron chi connectivity index (χ3n) is 3.22. The number of nitrogens with zero attached hydrogens (tertiary/aromatic N) is 1. The minimum Gasteiger partial charge on any atom is -0.262 e. The maximum absolute atomic E-state index is 12.5. The van der Waals surface area contributed by atoms with Crippen LogP contribution in [0.3, 0.4) is 0 Å². The van der Waals surface area contributed by atoms with Crippen molar-refractivity contribution in [2.75, 3.05) is 11.5 Å². The molecule has 0 radical (unpaired) electrons. The van der Waals surface area contributed by atoms with Gasteiger partial charge < -0.3 is 0 Å². The Balaban J connectivity index is 2.82. The molecule has 4 nitrogen and oxygen atoms in total. The smallest absolute Gasteiger partial charge is 0.177 e. The van der Waals surface area contributed by atoms with Gasteiger partial charge in [0.1, 0.15) is 0 Å². The number of hydrogen-bond donors (Lipinski definition) is 1. The number of unbranched alkanes of at least 4 members (excludes halogenated alkanes) is 1. The minimum atomic E-state index is -3.18. The average molecular weight is 293 g/mol. The highest BCUT2D eigenvalue weighted by atomic mass is 32.2. The van der Waals surface area contributed by atoms with E-state index in [1.165, 1.54) is 0 Å². The number of hydrogen-bond acceptors (Lipinski definition) is 3. The Labute approximate surface area is 112 Å². The van der Waals surface area contributed by atoms with Crippen LogP contribution in [0.5, 0.6) is 0 Å². The molecule has 0 saturated carbocycles. The van der Waals surface area contributed by atoms with Crippen molar-refractivity contribution in [1.82, 2.24) is 0 Å². The maximum atomic E-state index is 12.5. The second-order valence-electron chi connectivity index (χ2n) is 4.62. The van der Waals surface area contributed by atoms with Gasteiger partial charge >= 0.3 is 0 Å². The third-order valence-corrected chi connectivity index (χ3v) is 7.22. The highest BCUT2D eigenvalue weighted by molar-refractivity contribution is 7.98. The van der Waals surface area contributed by atoms with Crippen LogP contribution >= 0.6 is 0 Å². The molecule has 0 aliphatic carbocycles. The van der Waals surface area contributed by atoms with Crippen LogP contribution in [0.2, 0.25) is 0 Å². The summed E-state index contributed by atoms with van der Waals surface area (Å²) in [6.45, 7) is 4.09. The van der Waals surface area contributed by atoms with Gasteiger partial charge in [0, 0.05) is 11.5 Å². The van der Waals surface area contributed by atoms with E-state index >= 15 is 0 Å². The van der Waals surface area contributed by atoms with Gasteiger partial charge in [-0.1, -0.05) is 49.9 Å². The van der Waals surface area contributed by atoms with Gasteiger partial charge in [-0.25, -0.2) is 8.42 Å². The summed E-state index contributed by atoms with van der Waals surface area (Å²) in [5.41, 5.74) is 0. The number of rotatable bonds is 7. The van der Waals surface area contributed by atoms with Gasteiger partial charge in [0.05, 0.1) is 10.2 Å². The van der Waals surface area contributed by atoms with Crippen molar-refractivity contribution in [2.24, 2.45) is 4.53 Å². The molecule has 0 aromatic carbocycles. The normalized spacial score (nSPS) is 22.2. The molecular formula is C12H23NO3S2. The molecule has 0 bridgehead atoms. The molecule has 106 valence electrons. The van der Waals surface area contributed by atoms with Crippen molar-refractivity contribution in [3.63, 3.8) is 0 Å². The number of sulfone groups is 1. The van der Waals surface area contributed by atoms with Crippen LogP contribution in [0.25, 0.3) is 0 Å². The van der Waals surface area contributed by atoms with Crippen LogP contribution in [0.4, 0.5) is 0 Å². The van der Waals surface area contributed by atoms with E-state index in [9.17, 15) is 8.42 Å². The van der Waals surface area contributed by atoms with E-state index in [0.29, 0.717) is 16.4 Å². The van der Waals surface area contributed by atoms with Crippen LogP contribution < -0.4 is 0 Å². The van der Waals surface area contributed by atoms with E-state index in [1.807, 2.05) is 6.92 Å². The second-order valence-corrected chi connectivity index (χ2v) is 8.61. The SMILES string of the molecule is CCCCC(CCC)S(=O)(=O)C1=CCS(=NO)C1. The molecule has 1 heterocycles. The standard InChI is InChI=1S/C12H23NO3S2/c1-3-5-7-11(6-4-2)18(15,16)12-8-9-17(10-12)13-14/h8,11,14H,3-7,9-10H2,1-2H3. The Bertz CT molecular complexity index is 427. The molecule has 0 spiro atoms. The molecule has 1 rings (SSSR count). The van der Waals surface area contributed by atoms with Gasteiger partial charge in [-0.05, 0) is 12.8 Å². The largest absolute Gasteiger partial charge is 0.262 e. The maximum Gasteiger partial charge on any atom is 0.177 e. The predicted octanol–water partition coefficient (Wildman–Crippen LogP) is 2.85. The molecule has 0 saturated heterocycles. The summed E-state index contributed by atoms with van der Waals surface area (Å²) < 4.78 is 28.2. The van der Waals surface area contributed by atoms with Gasteiger partial charge in [0.2, 0.25) is 0 Å². The Morgan fingerprint density at radius 3 is 2.61 bits per heavy atom. The molecule has 0 amide bonds. The second kappa shape index (κ2) is 7.40. The van der Waals surface area contributed by atoms with Crippen molar-refractivity contribution < 1.29 is 13.6 Å². The summed E-state index contributed by atoms with van der Waals surface area (Å²) in [5.74, 6) is 0.961. The highest BCUT2D eigenvalue weighted by Gasteiger charge is 2.30. The Morgan fingerprint density at radius 1 is 1.39 bits per heavy atom. The van der Waals surface area contributed by atoms with Gasteiger partial charge in [-0.3, -0.25) is 5.21 Å². The van der Waals surface area contributed by atoms with Crippen LogP contribution in [0.15, 0.2) is 15.5 Å². The Hall–Kier alpha value is -0.200. The first kappa shape index (κ1) is 15.9. The molecule has 2 unspecified atom stereocenters. The fourth-order valence-corrected chi connectivity index (χ4v) is 6.17. The van der Waals surface area contributed by atoms with E-state index in [4.69, 9.17) is 5.21 Å². The van der Waals surface area contributed by atoms with Crippen LogP contribution in [-0.4, -0.2) is 30.4 Å². The van der Waals surface area contributed by atoms with Crippen LogP contribution in [-0.2, 0) is 20.5 Å². The van der Waals surface area contributed by atoms with Gasteiger partial charge in [-0.2, -0.15) is 0 Å². The molecule has 0 aromatic heterocycles. The third kappa shape index (κ3) is 3.90. The molecule has 0 aromatic rings. The predicted molar refractivity (Wildman–Crippen MR) is 76.5 cm³/mol.